The van der Waals surface area contributed by atoms with Crippen molar-refractivity contribution >= 4 is 17.3 Å². The van der Waals surface area contributed by atoms with Crippen LogP contribution in [0.2, 0.25) is 0 Å². The van der Waals surface area contributed by atoms with Gasteiger partial charge in [-0.25, -0.2) is 0 Å². The molecule has 0 aromatic heterocycles. The molecule has 1 aromatic carbocycles. The first-order valence-corrected chi connectivity index (χ1v) is 6.22. The maximum atomic E-state index is 12.4. The lowest BCUT2D eigenvalue weighted by Crippen LogP contribution is -2.30. The highest BCUT2D eigenvalue weighted by atomic mass is 16.6. The molecule has 1 aliphatic rings. The van der Waals surface area contributed by atoms with Gasteiger partial charge in [0.05, 0.1) is 10.5 Å². The van der Waals surface area contributed by atoms with Crippen LogP contribution in [0.4, 0.5) is 11.4 Å². The number of anilines is 1. The van der Waals surface area contributed by atoms with E-state index in [1.807, 2.05) is 0 Å². The number of para-hydroxylation sites is 1. The zero-order valence-corrected chi connectivity index (χ0v) is 10.8. The van der Waals surface area contributed by atoms with E-state index in [-0.39, 0.29) is 35.4 Å². The Labute approximate surface area is 115 Å². The second-order valence-corrected chi connectivity index (χ2v) is 4.69. The van der Waals surface area contributed by atoms with Gasteiger partial charge in [0.1, 0.15) is 5.69 Å². The van der Waals surface area contributed by atoms with Gasteiger partial charge in [-0.15, -0.1) is 0 Å². The summed E-state index contributed by atoms with van der Waals surface area (Å²) in [4.78, 5) is 24.3. The molecule has 1 saturated heterocycles. The standard InChI is InChI=1S/C12H16N4O4/c13-14-11-9(2-1-3-10(11)16(19)20)12(18)15-5-4-8(6-15)7-17/h1-3,8,14,17H,4-7,13H2. The summed E-state index contributed by atoms with van der Waals surface area (Å²) in [5.41, 5.74) is 2.17. The maximum Gasteiger partial charge on any atom is 0.294 e. The number of carbonyl (C=O) groups is 1. The smallest absolute Gasteiger partial charge is 0.294 e. The molecule has 4 N–H and O–H groups in total. The highest BCUT2D eigenvalue weighted by Crippen LogP contribution is 2.29. The van der Waals surface area contributed by atoms with Gasteiger partial charge in [0.15, 0.2) is 0 Å². The number of amides is 1. The third-order valence-electron chi connectivity index (χ3n) is 3.45. The molecule has 20 heavy (non-hydrogen) atoms. The molecule has 108 valence electrons. The van der Waals surface area contributed by atoms with Crippen LogP contribution in [0.15, 0.2) is 18.2 Å². The van der Waals surface area contributed by atoms with Crippen LogP contribution in [0.5, 0.6) is 0 Å². The van der Waals surface area contributed by atoms with Gasteiger partial charge in [-0.05, 0) is 12.5 Å². The predicted molar refractivity (Wildman–Crippen MR) is 72.0 cm³/mol. The fraction of sp³-hybridized carbons (Fsp3) is 0.417. The number of nitrogens with two attached hydrogens (primary N) is 1. The minimum Gasteiger partial charge on any atom is -0.396 e. The summed E-state index contributed by atoms with van der Waals surface area (Å²) >= 11 is 0. The van der Waals surface area contributed by atoms with Crippen LogP contribution in [-0.4, -0.2) is 40.5 Å². The van der Waals surface area contributed by atoms with Crippen LogP contribution >= 0.6 is 0 Å². The number of nitrogen functional groups attached to an aromatic ring is 1. The Kier molecular flexibility index (Phi) is 4.16. The van der Waals surface area contributed by atoms with E-state index in [0.29, 0.717) is 13.1 Å². The van der Waals surface area contributed by atoms with Crippen LogP contribution in [0, 0.1) is 16.0 Å². The van der Waals surface area contributed by atoms with Crippen LogP contribution in [0.1, 0.15) is 16.8 Å². The zero-order valence-electron chi connectivity index (χ0n) is 10.8. The average molecular weight is 280 g/mol. The number of nitrogens with zero attached hydrogens (tertiary/aromatic N) is 2. The lowest BCUT2D eigenvalue weighted by molar-refractivity contribution is -0.384. The molecule has 8 nitrogen and oxygen atoms in total. The maximum absolute atomic E-state index is 12.4. The second-order valence-electron chi connectivity index (χ2n) is 4.69. The quantitative estimate of drug-likeness (QED) is 0.415. The Hall–Kier alpha value is -2.19. The molecule has 1 fully saturated rings. The van der Waals surface area contributed by atoms with Crippen molar-refractivity contribution in [1.82, 2.24) is 4.90 Å². The van der Waals surface area contributed by atoms with E-state index in [1.54, 1.807) is 4.90 Å². The summed E-state index contributed by atoms with van der Waals surface area (Å²) in [6.45, 7) is 1.000. The van der Waals surface area contributed by atoms with E-state index in [9.17, 15) is 14.9 Å². The largest absolute Gasteiger partial charge is 0.396 e. The van der Waals surface area contributed by atoms with E-state index in [0.717, 1.165) is 6.42 Å². The third kappa shape index (κ3) is 2.56. The third-order valence-corrected chi connectivity index (χ3v) is 3.45. The molecule has 8 heteroatoms. The summed E-state index contributed by atoms with van der Waals surface area (Å²) < 4.78 is 0. The minimum atomic E-state index is -0.591. The van der Waals surface area contributed by atoms with Gasteiger partial charge >= 0.3 is 0 Å². The minimum absolute atomic E-state index is 0.00921. The number of nitro benzene ring substituents is 1. The molecule has 1 unspecified atom stereocenters. The predicted octanol–water partition coefficient (Wildman–Crippen LogP) is 0.335. The number of likely N-dealkylation sites (tertiary alicyclic amines) is 1. The zero-order chi connectivity index (χ0) is 14.7. The number of hydrogen-bond acceptors (Lipinski definition) is 6. The summed E-state index contributed by atoms with van der Waals surface area (Å²) in [6.07, 6.45) is 0.725. The molecule has 2 rings (SSSR count). The molecule has 1 aromatic rings. The topological polar surface area (TPSA) is 122 Å². The molecule has 1 amide bonds. The van der Waals surface area contributed by atoms with Crippen molar-refractivity contribution in [1.29, 1.82) is 0 Å². The van der Waals surface area contributed by atoms with Gasteiger partial charge in [-0.3, -0.25) is 20.8 Å². The molecule has 1 heterocycles. The summed E-state index contributed by atoms with van der Waals surface area (Å²) in [6, 6.07) is 4.23. The lowest BCUT2D eigenvalue weighted by atomic mass is 10.1. The second kappa shape index (κ2) is 5.85. The highest BCUT2D eigenvalue weighted by molar-refractivity contribution is 6.01. The van der Waals surface area contributed by atoms with Gasteiger partial charge in [0, 0.05) is 31.7 Å². The number of benzene rings is 1. The normalized spacial score (nSPS) is 18.1. The van der Waals surface area contributed by atoms with Crippen LogP contribution < -0.4 is 11.3 Å². The van der Waals surface area contributed by atoms with Gasteiger partial charge in [0.2, 0.25) is 0 Å². The Bertz CT molecular complexity index is 534. The van der Waals surface area contributed by atoms with E-state index < -0.39 is 4.92 Å². The molecule has 1 atom stereocenters. The molecular formula is C12H16N4O4. The van der Waals surface area contributed by atoms with Crippen molar-refractivity contribution in [2.75, 3.05) is 25.1 Å². The SMILES string of the molecule is NNc1c(C(=O)N2CCC(CO)C2)cccc1[N+](=O)[O-]. The van der Waals surface area contributed by atoms with Gasteiger partial charge < -0.3 is 15.4 Å². The number of aliphatic hydroxyl groups excluding tert-OH is 1. The number of nitrogens with one attached hydrogen (secondary N) is 1. The number of nitro groups is 1. The Balaban J connectivity index is 2.31. The van der Waals surface area contributed by atoms with E-state index >= 15 is 0 Å². The lowest BCUT2D eigenvalue weighted by Gasteiger charge is -2.18. The van der Waals surface area contributed by atoms with Gasteiger partial charge in [0.25, 0.3) is 11.6 Å². The monoisotopic (exact) mass is 280 g/mol. The van der Waals surface area contributed by atoms with Crippen LogP contribution in [0.3, 0.4) is 0 Å². The van der Waals surface area contributed by atoms with Crippen molar-refractivity contribution < 1.29 is 14.8 Å². The first-order chi connectivity index (χ1) is 9.58. The molecule has 0 spiro atoms. The fourth-order valence-electron chi connectivity index (χ4n) is 2.36. The number of rotatable bonds is 4. The number of hydrogen-bond donors (Lipinski definition) is 3. The van der Waals surface area contributed by atoms with Crippen molar-refractivity contribution in [2.45, 2.75) is 6.42 Å². The summed E-state index contributed by atoms with van der Waals surface area (Å²) in [5, 5.41) is 20.0. The molecule has 0 aliphatic carbocycles. The van der Waals surface area contributed by atoms with Gasteiger partial charge in [-0.2, -0.15) is 0 Å². The van der Waals surface area contributed by atoms with Crippen molar-refractivity contribution in [2.24, 2.45) is 11.8 Å². The molecule has 0 radical (unpaired) electrons. The Morgan fingerprint density at radius 1 is 1.60 bits per heavy atom. The van der Waals surface area contributed by atoms with E-state index in [4.69, 9.17) is 10.9 Å². The first kappa shape index (κ1) is 14.2. The molecule has 0 bridgehead atoms. The van der Waals surface area contributed by atoms with E-state index in [2.05, 4.69) is 5.43 Å². The van der Waals surface area contributed by atoms with Gasteiger partial charge in [-0.1, -0.05) is 6.07 Å². The summed E-state index contributed by atoms with van der Waals surface area (Å²) in [7, 11) is 0. The Morgan fingerprint density at radius 3 is 2.90 bits per heavy atom. The molecule has 0 saturated carbocycles. The van der Waals surface area contributed by atoms with Crippen molar-refractivity contribution in [3.8, 4) is 0 Å². The molecule has 1 aliphatic heterocycles. The Morgan fingerprint density at radius 2 is 2.35 bits per heavy atom. The summed E-state index contributed by atoms with van der Waals surface area (Å²) in [5.74, 6) is 5.05. The average Bonchev–Trinajstić information content (AvgIpc) is 2.94. The van der Waals surface area contributed by atoms with Crippen molar-refractivity contribution in [3.05, 3.63) is 33.9 Å². The molecular weight excluding hydrogens is 264 g/mol. The first-order valence-electron chi connectivity index (χ1n) is 6.22. The van der Waals surface area contributed by atoms with Crippen molar-refractivity contribution in [3.63, 3.8) is 0 Å². The van der Waals surface area contributed by atoms with Crippen LogP contribution in [0.25, 0.3) is 0 Å². The fourth-order valence-corrected chi connectivity index (χ4v) is 2.36. The van der Waals surface area contributed by atoms with E-state index in [1.165, 1.54) is 18.2 Å². The number of carbonyl (C=O) groups excluding carboxylic acids is 1. The number of hydrazine groups is 1. The number of aliphatic hydroxyl groups is 1. The highest BCUT2D eigenvalue weighted by Gasteiger charge is 2.29. The van der Waals surface area contributed by atoms with Crippen LogP contribution in [-0.2, 0) is 0 Å².